The minimum absolute atomic E-state index is 0.173. The van der Waals surface area contributed by atoms with E-state index >= 15 is 0 Å². The standard InChI is InChI=1S/C13H12ClN3O3S/c1-2-7-20-12(19)8-3-5-9(6-4-8)15-10(18)11-16-17-13(14)21-11/h3-6H,2,7H2,1H3,(H,15,18). The minimum atomic E-state index is -0.402. The molecule has 2 aromatic rings. The van der Waals surface area contributed by atoms with Gasteiger partial charge in [-0.05, 0) is 42.3 Å². The van der Waals surface area contributed by atoms with Crippen LogP contribution in [-0.2, 0) is 4.74 Å². The van der Waals surface area contributed by atoms with E-state index in [4.69, 9.17) is 16.3 Å². The third-order valence-corrected chi connectivity index (χ3v) is 3.43. The summed E-state index contributed by atoms with van der Waals surface area (Å²) in [5.74, 6) is -0.786. The highest BCUT2D eigenvalue weighted by Gasteiger charge is 2.13. The van der Waals surface area contributed by atoms with Crippen LogP contribution in [0.5, 0.6) is 0 Å². The number of aromatic nitrogens is 2. The molecule has 2 rings (SSSR count). The zero-order valence-corrected chi connectivity index (χ0v) is 12.7. The Kier molecular flexibility index (Phi) is 5.24. The summed E-state index contributed by atoms with van der Waals surface area (Å²) in [7, 11) is 0. The van der Waals surface area contributed by atoms with Gasteiger partial charge in [0, 0.05) is 5.69 Å². The molecule has 0 unspecified atom stereocenters. The van der Waals surface area contributed by atoms with Crippen molar-refractivity contribution in [2.75, 3.05) is 11.9 Å². The molecule has 1 heterocycles. The highest BCUT2D eigenvalue weighted by Crippen LogP contribution is 2.17. The fraction of sp³-hybridized carbons (Fsp3) is 0.231. The first kappa shape index (κ1) is 15.4. The van der Waals surface area contributed by atoms with Crippen LogP contribution in [0.1, 0.15) is 33.5 Å². The number of rotatable bonds is 5. The summed E-state index contributed by atoms with van der Waals surface area (Å²) in [6.07, 6.45) is 0.768. The maximum atomic E-state index is 11.8. The number of halogens is 1. The highest BCUT2D eigenvalue weighted by atomic mass is 35.5. The molecule has 1 N–H and O–H groups in total. The van der Waals surface area contributed by atoms with Gasteiger partial charge in [-0.1, -0.05) is 18.3 Å². The number of amides is 1. The topological polar surface area (TPSA) is 81.2 Å². The van der Waals surface area contributed by atoms with Crippen LogP contribution < -0.4 is 5.32 Å². The number of hydrogen-bond acceptors (Lipinski definition) is 6. The van der Waals surface area contributed by atoms with E-state index in [2.05, 4.69) is 15.5 Å². The zero-order valence-electron chi connectivity index (χ0n) is 11.1. The normalized spacial score (nSPS) is 10.2. The van der Waals surface area contributed by atoms with Crippen molar-refractivity contribution in [2.45, 2.75) is 13.3 Å². The summed E-state index contributed by atoms with van der Waals surface area (Å²) in [6.45, 7) is 2.31. The maximum absolute atomic E-state index is 11.8. The fourth-order valence-corrected chi connectivity index (χ4v) is 2.17. The van der Waals surface area contributed by atoms with E-state index in [9.17, 15) is 9.59 Å². The molecule has 1 amide bonds. The number of esters is 1. The fourth-order valence-electron chi connectivity index (χ4n) is 1.45. The lowest BCUT2D eigenvalue weighted by atomic mass is 10.2. The number of carbonyl (C=O) groups is 2. The molecule has 0 aliphatic rings. The molecule has 21 heavy (non-hydrogen) atoms. The van der Waals surface area contributed by atoms with Gasteiger partial charge in [-0.25, -0.2) is 4.79 Å². The molecule has 110 valence electrons. The van der Waals surface area contributed by atoms with Crippen LogP contribution >= 0.6 is 22.9 Å². The third kappa shape index (κ3) is 4.24. The molecule has 6 nitrogen and oxygen atoms in total. The Morgan fingerprint density at radius 1 is 1.29 bits per heavy atom. The van der Waals surface area contributed by atoms with Crippen molar-refractivity contribution in [3.8, 4) is 0 Å². The number of benzene rings is 1. The molecule has 0 saturated carbocycles. The quantitative estimate of drug-likeness (QED) is 0.855. The van der Waals surface area contributed by atoms with Crippen LogP contribution in [0.4, 0.5) is 5.69 Å². The monoisotopic (exact) mass is 325 g/mol. The molecule has 0 aliphatic heterocycles. The Morgan fingerprint density at radius 3 is 2.57 bits per heavy atom. The van der Waals surface area contributed by atoms with Crippen molar-refractivity contribution in [1.82, 2.24) is 10.2 Å². The summed E-state index contributed by atoms with van der Waals surface area (Å²) in [5, 5.41) is 10.0. The van der Waals surface area contributed by atoms with E-state index < -0.39 is 5.91 Å². The molecule has 8 heteroatoms. The van der Waals surface area contributed by atoms with Crippen LogP contribution in [-0.4, -0.2) is 28.7 Å². The molecule has 0 bridgehead atoms. The number of nitrogens with zero attached hydrogens (tertiary/aromatic N) is 2. The first-order chi connectivity index (χ1) is 10.1. The molecule has 0 spiro atoms. The summed E-state index contributed by atoms with van der Waals surface area (Å²) in [4.78, 5) is 23.5. The lowest BCUT2D eigenvalue weighted by Gasteiger charge is -2.05. The Bertz CT molecular complexity index is 642. The van der Waals surface area contributed by atoms with Gasteiger partial charge in [-0.2, -0.15) is 0 Å². The van der Waals surface area contributed by atoms with E-state index in [1.807, 2.05) is 6.92 Å². The van der Waals surface area contributed by atoms with E-state index in [0.717, 1.165) is 17.8 Å². The van der Waals surface area contributed by atoms with Crippen LogP contribution in [0, 0.1) is 0 Å². The smallest absolute Gasteiger partial charge is 0.338 e. The van der Waals surface area contributed by atoms with Gasteiger partial charge >= 0.3 is 5.97 Å². The summed E-state index contributed by atoms with van der Waals surface area (Å²) in [6, 6.07) is 6.40. The number of nitrogens with one attached hydrogen (secondary N) is 1. The van der Waals surface area contributed by atoms with Crippen molar-refractivity contribution < 1.29 is 14.3 Å². The molecule has 1 aromatic heterocycles. The Hall–Kier alpha value is -1.99. The van der Waals surface area contributed by atoms with Gasteiger partial charge < -0.3 is 10.1 Å². The average Bonchev–Trinajstić information content (AvgIpc) is 2.92. The Balaban J connectivity index is 1.99. The molecule has 0 fully saturated rings. The molecule has 0 saturated heterocycles. The molecule has 0 atom stereocenters. The molecule has 0 aliphatic carbocycles. The van der Waals surface area contributed by atoms with Crippen LogP contribution in [0.3, 0.4) is 0 Å². The van der Waals surface area contributed by atoms with E-state index in [1.54, 1.807) is 24.3 Å². The predicted octanol–water partition coefficient (Wildman–Crippen LogP) is 3.01. The number of hydrogen-bond donors (Lipinski definition) is 1. The lowest BCUT2D eigenvalue weighted by Crippen LogP contribution is -2.12. The minimum Gasteiger partial charge on any atom is -0.462 e. The summed E-state index contributed by atoms with van der Waals surface area (Å²) < 4.78 is 5.22. The molecular formula is C13H12ClN3O3S. The molecule has 1 aromatic carbocycles. The van der Waals surface area contributed by atoms with Crippen LogP contribution in [0.25, 0.3) is 0 Å². The highest BCUT2D eigenvalue weighted by molar-refractivity contribution is 7.17. The lowest BCUT2D eigenvalue weighted by molar-refractivity contribution is 0.0505. The van der Waals surface area contributed by atoms with Crippen molar-refractivity contribution in [1.29, 1.82) is 0 Å². The van der Waals surface area contributed by atoms with Crippen LogP contribution in [0.2, 0.25) is 4.47 Å². The van der Waals surface area contributed by atoms with E-state index in [1.165, 1.54) is 0 Å². The van der Waals surface area contributed by atoms with Crippen molar-refractivity contribution >= 4 is 40.5 Å². The van der Waals surface area contributed by atoms with Crippen molar-refractivity contribution in [3.63, 3.8) is 0 Å². The van der Waals surface area contributed by atoms with Gasteiger partial charge in [0.2, 0.25) is 9.47 Å². The third-order valence-electron chi connectivity index (χ3n) is 2.41. The second-order valence-corrected chi connectivity index (χ2v) is 5.59. The molecular weight excluding hydrogens is 314 g/mol. The van der Waals surface area contributed by atoms with E-state index in [-0.39, 0.29) is 15.4 Å². The van der Waals surface area contributed by atoms with E-state index in [0.29, 0.717) is 17.9 Å². The van der Waals surface area contributed by atoms with Gasteiger partial charge in [0.25, 0.3) is 5.91 Å². The van der Waals surface area contributed by atoms with Gasteiger partial charge in [-0.3, -0.25) is 4.79 Å². The predicted molar refractivity (Wildman–Crippen MR) is 79.9 cm³/mol. The van der Waals surface area contributed by atoms with Gasteiger partial charge in [-0.15, -0.1) is 10.2 Å². The maximum Gasteiger partial charge on any atom is 0.338 e. The zero-order chi connectivity index (χ0) is 15.2. The Morgan fingerprint density at radius 2 is 2.00 bits per heavy atom. The van der Waals surface area contributed by atoms with Gasteiger partial charge in [0.05, 0.1) is 12.2 Å². The molecule has 0 radical (unpaired) electrons. The van der Waals surface area contributed by atoms with Gasteiger partial charge in [0.15, 0.2) is 0 Å². The Labute approximate surface area is 130 Å². The average molecular weight is 326 g/mol. The SMILES string of the molecule is CCCOC(=O)c1ccc(NC(=O)c2nnc(Cl)s2)cc1. The first-order valence-electron chi connectivity index (χ1n) is 6.17. The van der Waals surface area contributed by atoms with Gasteiger partial charge in [0.1, 0.15) is 0 Å². The first-order valence-corrected chi connectivity index (χ1v) is 7.37. The van der Waals surface area contributed by atoms with Crippen molar-refractivity contribution in [2.24, 2.45) is 0 Å². The number of carbonyl (C=O) groups excluding carboxylic acids is 2. The second-order valence-electron chi connectivity index (χ2n) is 4.03. The summed E-state index contributed by atoms with van der Waals surface area (Å²) >= 11 is 6.61. The van der Waals surface area contributed by atoms with Crippen molar-refractivity contribution in [3.05, 3.63) is 39.3 Å². The number of ether oxygens (including phenoxy) is 1. The largest absolute Gasteiger partial charge is 0.462 e. The van der Waals surface area contributed by atoms with Crippen LogP contribution in [0.15, 0.2) is 24.3 Å². The second kappa shape index (κ2) is 7.14. The summed E-state index contributed by atoms with van der Waals surface area (Å²) in [5.41, 5.74) is 0.971. The number of anilines is 1.